The molecule has 0 fully saturated rings. The van der Waals surface area contributed by atoms with Gasteiger partial charge in [-0.05, 0) is 55.4 Å². The van der Waals surface area contributed by atoms with E-state index in [1.807, 2.05) is 18.2 Å². The summed E-state index contributed by atoms with van der Waals surface area (Å²) in [5.74, 6) is 0.494. The third-order valence-corrected chi connectivity index (χ3v) is 4.51. The van der Waals surface area contributed by atoms with Gasteiger partial charge in [0.05, 0.1) is 5.69 Å². The van der Waals surface area contributed by atoms with Crippen molar-refractivity contribution in [1.29, 1.82) is 0 Å². The van der Waals surface area contributed by atoms with Gasteiger partial charge in [-0.1, -0.05) is 78.9 Å². The van der Waals surface area contributed by atoms with Gasteiger partial charge in [-0.2, -0.15) is 0 Å². The highest BCUT2D eigenvalue weighted by Crippen LogP contribution is 2.26. The van der Waals surface area contributed by atoms with E-state index in [0.29, 0.717) is 5.92 Å². The van der Waals surface area contributed by atoms with Gasteiger partial charge in [-0.25, -0.2) is 0 Å². The summed E-state index contributed by atoms with van der Waals surface area (Å²) in [6.45, 7) is 2.14. The summed E-state index contributed by atoms with van der Waals surface area (Å²) in [7, 11) is 0. The Morgan fingerprint density at radius 3 is 1.96 bits per heavy atom. The molecule has 0 aliphatic heterocycles. The third-order valence-electron chi connectivity index (χ3n) is 4.51. The fourth-order valence-corrected chi connectivity index (χ4v) is 3.22. The Hall–Kier alpha value is -2.67. The van der Waals surface area contributed by atoms with Crippen molar-refractivity contribution in [2.75, 3.05) is 0 Å². The predicted molar refractivity (Wildman–Crippen MR) is 108 cm³/mol. The van der Waals surface area contributed by atoms with Gasteiger partial charge in [0, 0.05) is 5.71 Å². The quantitative estimate of drug-likeness (QED) is 0.434. The molecule has 25 heavy (non-hydrogen) atoms. The highest BCUT2D eigenvalue weighted by molar-refractivity contribution is 5.85. The zero-order valence-corrected chi connectivity index (χ0v) is 14.8. The molecule has 0 aromatic heterocycles. The fraction of sp³-hybridized carbons (Fsp3) is 0.208. The van der Waals surface area contributed by atoms with Crippen LogP contribution in [0.1, 0.15) is 36.8 Å². The molecule has 0 unspecified atom stereocenters. The van der Waals surface area contributed by atoms with Crippen LogP contribution in [0.15, 0.2) is 96.0 Å². The molecule has 0 aliphatic rings. The van der Waals surface area contributed by atoms with Crippen molar-refractivity contribution in [2.45, 2.75) is 32.1 Å². The van der Waals surface area contributed by atoms with Gasteiger partial charge in [0.2, 0.25) is 0 Å². The summed E-state index contributed by atoms with van der Waals surface area (Å²) in [6, 6.07) is 31.8. The van der Waals surface area contributed by atoms with Crippen LogP contribution in [0.3, 0.4) is 0 Å². The van der Waals surface area contributed by atoms with E-state index in [1.165, 1.54) is 16.8 Å². The number of nitrogens with zero attached hydrogens (tertiary/aromatic N) is 1. The molecule has 1 nitrogen and oxygen atoms in total. The first kappa shape index (κ1) is 17.2. The summed E-state index contributed by atoms with van der Waals surface area (Å²) < 4.78 is 0. The molecule has 0 saturated carbocycles. The first-order valence-corrected chi connectivity index (χ1v) is 8.99. The number of rotatable bonds is 7. The van der Waals surface area contributed by atoms with Gasteiger partial charge >= 0.3 is 0 Å². The maximum Gasteiger partial charge on any atom is 0.0628 e. The molecular weight excluding hydrogens is 302 g/mol. The SMILES string of the molecule is CC(C[C@H](CCc1ccccc1)c1ccccc1)=Nc1ccccc1. The van der Waals surface area contributed by atoms with Crippen molar-refractivity contribution in [1.82, 2.24) is 0 Å². The minimum Gasteiger partial charge on any atom is -0.258 e. The third kappa shape index (κ3) is 5.42. The number of para-hydroxylation sites is 1. The first-order valence-electron chi connectivity index (χ1n) is 8.99. The Balaban J connectivity index is 1.73. The lowest BCUT2D eigenvalue weighted by atomic mass is 9.88. The molecule has 0 N–H and O–H groups in total. The zero-order chi connectivity index (χ0) is 17.3. The van der Waals surface area contributed by atoms with Crippen LogP contribution in [-0.2, 0) is 6.42 Å². The standard InChI is InChI=1S/C24H25N/c1-20(25-24-15-9-4-10-16-24)19-23(22-13-7-3-8-14-22)18-17-21-11-5-2-6-12-21/h2-16,23H,17-19H2,1H3/t23-/m0/s1. The Kier molecular flexibility index (Phi) is 6.17. The van der Waals surface area contributed by atoms with Crippen LogP contribution in [-0.4, -0.2) is 5.71 Å². The van der Waals surface area contributed by atoms with Crippen LogP contribution in [0.5, 0.6) is 0 Å². The molecule has 0 amide bonds. The molecule has 1 heteroatoms. The van der Waals surface area contributed by atoms with Crippen molar-refractivity contribution in [2.24, 2.45) is 4.99 Å². The Morgan fingerprint density at radius 2 is 1.32 bits per heavy atom. The largest absolute Gasteiger partial charge is 0.258 e. The lowest BCUT2D eigenvalue weighted by molar-refractivity contribution is 0.645. The molecule has 0 radical (unpaired) electrons. The Bertz CT molecular complexity index is 776. The van der Waals surface area contributed by atoms with E-state index >= 15 is 0 Å². The molecule has 0 saturated heterocycles. The summed E-state index contributed by atoms with van der Waals surface area (Å²) in [5, 5.41) is 0. The van der Waals surface area contributed by atoms with Crippen molar-refractivity contribution < 1.29 is 0 Å². The summed E-state index contributed by atoms with van der Waals surface area (Å²) >= 11 is 0. The molecule has 0 aliphatic carbocycles. The number of hydrogen-bond acceptors (Lipinski definition) is 1. The van der Waals surface area contributed by atoms with Crippen molar-refractivity contribution >= 4 is 11.4 Å². The van der Waals surface area contributed by atoms with Gasteiger partial charge < -0.3 is 0 Å². The van der Waals surface area contributed by atoms with Crippen LogP contribution in [0, 0.1) is 0 Å². The normalized spacial score (nSPS) is 12.8. The van der Waals surface area contributed by atoms with Gasteiger partial charge in [-0.15, -0.1) is 0 Å². The minimum absolute atomic E-state index is 0.494. The van der Waals surface area contributed by atoms with E-state index in [-0.39, 0.29) is 0 Å². The minimum atomic E-state index is 0.494. The van der Waals surface area contributed by atoms with Crippen LogP contribution < -0.4 is 0 Å². The topological polar surface area (TPSA) is 12.4 Å². The number of aryl methyl sites for hydroxylation is 1. The van der Waals surface area contributed by atoms with Crippen LogP contribution >= 0.6 is 0 Å². The lowest BCUT2D eigenvalue weighted by Gasteiger charge is -2.17. The summed E-state index contributed by atoms with van der Waals surface area (Å²) in [5.41, 5.74) is 5.03. The van der Waals surface area contributed by atoms with Gasteiger partial charge in [0.15, 0.2) is 0 Å². The number of aliphatic imine (C=N–C) groups is 1. The molecule has 3 rings (SSSR count). The van der Waals surface area contributed by atoms with Gasteiger partial charge in [-0.3, -0.25) is 4.99 Å². The fourth-order valence-electron chi connectivity index (χ4n) is 3.22. The average molecular weight is 327 g/mol. The van der Waals surface area contributed by atoms with E-state index in [1.54, 1.807) is 0 Å². The summed E-state index contributed by atoms with van der Waals surface area (Å²) in [6.07, 6.45) is 3.22. The molecule has 3 aromatic rings. The van der Waals surface area contributed by atoms with Crippen molar-refractivity contribution in [3.05, 3.63) is 102 Å². The number of benzene rings is 3. The van der Waals surface area contributed by atoms with E-state index in [2.05, 4.69) is 79.7 Å². The molecular formula is C24H25N. The van der Waals surface area contributed by atoms with E-state index in [9.17, 15) is 0 Å². The second-order valence-corrected chi connectivity index (χ2v) is 6.52. The highest BCUT2D eigenvalue weighted by Gasteiger charge is 2.13. The molecule has 0 heterocycles. The smallest absolute Gasteiger partial charge is 0.0628 e. The van der Waals surface area contributed by atoms with Crippen molar-refractivity contribution in [3.63, 3.8) is 0 Å². The predicted octanol–water partition coefficient (Wildman–Crippen LogP) is 6.59. The van der Waals surface area contributed by atoms with Crippen LogP contribution in [0.25, 0.3) is 0 Å². The lowest BCUT2D eigenvalue weighted by Crippen LogP contribution is -2.06. The van der Waals surface area contributed by atoms with Crippen LogP contribution in [0.2, 0.25) is 0 Å². The van der Waals surface area contributed by atoms with E-state index in [4.69, 9.17) is 4.99 Å². The molecule has 0 bridgehead atoms. The average Bonchev–Trinajstić information content (AvgIpc) is 2.67. The number of hydrogen-bond donors (Lipinski definition) is 0. The van der Waals surface area contributed by atoms with Crippen molar-refractivity contribution in [3.8, 4) is 0 Å². The summed E-state index contributed by atoms with van der Waals surface area (Å²) in [4.78, 5) is 4.80. The monoisotopic (exact) mass is 327 g/mol. The highest BCUT2D eigenvalue weighted by atomic mass is 14.7. The molecule has 3 aromatic carbocycles. The molecule has 0 spiro atoms. The maximum atomic E-state index is 4.80. The van der Waals surface area contributed by atoms with Crippen LogP contribution in [0.4, 0.5) is 5.69 Å². The Labute approximate surface area is 151 Å². The molecule has 126 valence electrons. The first-order chi connectivity index (χ1) is 12.3. The van der Waals surface area contributed by atoms with E-state index in [0.717, 1.165) is 24.9 Å². The van der Waals surface area contributed by atoms with Gasteiger partial charge in [0.25, 0.3) is 0 Å². The van der Waals surface area contributed by atoms with E-state index < -0.39 is 0 Å². The second kappa shape index (κ2) is 8.98. The van der Waals surface area contributed by atoms with Gasteiger partial charge in [0.1, 0.15) is 0 Å². The second-order valence-electron chi connectivity index (χ2n) is 6.52. The Morgan fingerprint density at radius 1 is 0.760 bits per heavy atom. The zero-order valence-electron chi connectivity index (χ0n) is 14.8. The maximum absolute atomic E-state index is 4.80. The molecule has 1 atom stereocenters.